The van der Waals surface area contributed by atoms with Crippen LogP contribution in [0.4, 0.5) is 0 Å². The summed E-state index contributed by atoms with van der Waals surface area (Å²) in [4.78, 5) is 0. The van der Waals surface area contributed by atoms with Crippen LogP contribution in [0.1, 0.15) is 25.0 Å². The highest BCUT2D eigenvalue weighted by atomic mass is 35.5. The second-order valence-corrected chi connectivity index (χ2v) is 6.32. The number of ether oxygens (including phenoxy) is 2. The molecule has 0 aliphatic carbocycles. The molecule has 0 spiro atoms. The van der Waals surface area contributed by atoms with Gasteiger partial charge in [-0.05, 0) is 49.2 Å². The lowest BCUT2D eigenvalue weighted by atomic mass is 10.2. The molecule has 2 aromatic carbocycles. The maximum absolute atomic E-state index is 6.26. The topological polar surface area (TPSA) is 30.5 Å². The SMILES string of the molecule is COc1ccc(CNCc2cc(Cl)c(OC(C)C)c(Cl)c2)cc1. The van der Waals surface area contributed by atoms with Gasteiger partial charge in [0.15, 0.2) is 5.75 Å². The van der Waals surface area contributed by atoms with Gasteiger partial charge in [-0.2, -0.15) is 0 Å². The molecule has 1 N–H and O–H groups in total. The van der Waals surface area contributed by atoms with Crippen LogP contribution in [0.25, 0.3) is 0 Å². The molecule has 0 amide bonds. The highest BCUT2D eigenvalue weighted by Gasteiger charge is 2.11. The van der Waals surface area contributed by atoms with Crippen molar-refractivity contribution in [2.24, 2.45) is 0 Å². The Morgan fingerprint density at radius 1 is 0.957 bits per heavy atom. The highest BCUT2D eigenvalue weighted by Crippen LogP contribution is 2.34. The summed E-state index contributed by atoms with van der Waals surface area (Å²) >= 11 is 12.5. The second-order valence-electron chi connectivity index (χ2n) is 5.51. The van der Waals surface area contributed by atoms with E-state index in [1.165, 1.54) is 5.56 Å². The van der Waals surface area contributed by atoms with Crippen molar-refractivity contribution in [3.05, 3.63) is 57.6 Å². The first kappa shape index (κ1) is 17.9. The molecular weight excluding hydrogens is 333 g/mol. The molecule has 0 unspecified atom stereocenters. The van der Waals surface area contributed by atoms with Crippen molar-refractivity contribution >= 4 is 23.2 Å². The fourth-order valence-electron chi connectivity index (χ4n) is 2.16. The minimum absolute atomic E-state index is 0.0315. The van der Waals surface area contributed by atoms with Gasteiger partial charge >= 0.3 is 0 Å². The summed E-state index contributed by atoms with van der Waals surface area (Å²) in [6, 6.07) is 11.7. The maximum Gasteiger partial charge on any atom is 0.156 e. The smallest absolute Gasteiger partial charge is 0.156 e. The lowest BCUT2D eigenvalue weighted by Crippen LogP contribution is -2.13. The largest absolute Gasteiger partial charge is 0.497 e. The molecule has 0 aliphatic rings. The van der Waals surface area contributed by atoms with Crippen LogP contribution in [-0.4, -0.2) is 13.2 Å². The van der Waals surface area contributed by atoms with E-state index in [9.17, 15) is 0 Å². The lowest BCUT2D eigenvalue weighted by Gasteiger charge is -2.14. The minimum Gasteiger partial charge on any atom is -0.497 e. The van der Waals surface area contributed by atoms with E-state index in [-0.39, 0.29) is 6.10 Å². The summed E-state index contributed by atoms with van der Waals surface area (Å²) in [5.41, 5.74) is 2.20. The van der Waals surface area contributed by atoms with Crippen molar-refractivity contribution in [2.45, 2.75) is 33.0 Å². The van der Waals surface area contributed by atoms with Crippen molar-refractivity contribution in [1.29, 1.82) is 0 Å². The summed E-state index contributed by atoms with van der Waals surface area (Å²) < 4.78 is 10.8. The molecule has 3 nitrogen and oxygen atoms in total. The van der Waals surface area contributed by atoms with Crippen molar-refractivity contribution in [1.82, 2.24) is 5.32 Å². The van der Waals surface area contributed by atoms with Gasteiger partial charge in [0.05, 0.1) is 23.3 Å². The normalized spacial score (nSPS) is 10.9. The third-order valence-electron chi connectivity index (χ3n) is 3.23. The summed E-state index contributed by atoms with van der Waals surface area (Å²) in [6.45, 7) is 5.31. The molecule has 0 heterocycles. The molecule has 2 aromatic rings. The van der Waals surface area contributed by atoms with E-state index in [1.807, 2.05) is 50.2 Å². The molecule has 5 heteroatoms. The summed E-state index contributed by atoms with van der Waals surface area (Å²) in [5.74, 6) is 1.40. The van der Waals surface area contributed by atoms with E-state index in [2.05, 4.69) is 5.32 Å². The van der Waals surface area contributed by atoms with E-state index in [0.29, 0.717) is 22.3 Å². The van der Waals surface area contributed by atoms with Gasteiger partial charge in [-0.15, -0.1) is 0 Å². The molecule has 0 bridgehead atoms. The highest BCUT2D eigenvalue weighted by molar-refractivity contribution is 6.37. The Bertz CT molecular complexity index is 619. The summed E-state index contributed by atoms with van der Waals surface area (Å²) in [6.07, 6.45) is 0.0315. The van der Waals surface area contributed by atoms with Crippen LogP contribution in [0.5, 0.6) is 11.5 Å². The standard InChI is InChI=1S/C18H21Cl2NO2/c1-12(2)23-18-16(19)8-14(9-17(18)20)11-21-10-13-4-6-15(22-3)7-5-13/h4-9,12,21H,10-11H2,1-3H3. The Labute approximate surface area is 147 Å². The predicted molar refractivity (Wildman–Crippen MR) is 95.8 cm³/mol. The van der Waals surface area contributed by atoms with Crippen LogP contribution in [0, 0.1) is 0 Å². The first-order valence-electron chi connectivity index (χ1n) is 7.48. The summed E-state index contributed by atoms with van der Waals surface area (Å²) in [7, 11) is 1.66. The Morgan fingerprint density at radius 2 is 1.52 bits per heavy atom. The van der Waals surface area contributed by atoms with Crippen molar-refractivity contribution in [2.75, 3.05) is 7.11 Å². The van der Waals surface area contributed by atoms with Crippen LogP contribution in [0.2, 0.25) is 10.0 Å². The van der Waals surface area contributed by atoms with Crippen LogP contribution in [-0.2, 0) is 13.1 Å². The molecule has 0 aromatic heterocycles. The maximum atomic E-state index is 6.26. The average molecular weight is 354 g/mol. The zero-order valence-corrected chi connectivity index (χ0v) is 15.0. The number of hydrogen-bond acceptors (Lipinski definition) is 3. The third-order valence-corrected chi connectivity index (χ3v) is 3.79. The minimum atomic E-state index is 0.0315. The monoisotopic (exact) mass is 353 g/mol. The number of methoxy groups -OCH3 is 1. The molecule has 0 radical (unpaired) electrons. The average Bonchev–Trinajstić information content (AvgIpc) is 2.51. The van der Waals surface area contributed by atoms with Gasteiger partial charge in [-0.25, -0.2) is 0 Å². The predicted octanol–water partition coefficient (Wildman–Crippen LogP) is 5.08. The van der Waals surface area contributed by atoms with E-state index in [4.69, 9.17) is 32.7 Å². The number of halogens is 2. The van der Waals surface area contributed by atoms with Crippen molar-refractivity contribution in [3.8, 4) is 11.5 Å². The van der Waals surface area contributed by atoms with E-state index in [1.54, 1.807) is 7.11 Å². The van der Waals surface area contributed by atoms with E-state index < -0.39 is 0 Å². The Kier molecular flexibility index (Phi) is 6.58. The zero-order valence-electron chi connectivity index (χ0n) is 13.5. The van der Waals surface area contributed by atoms with Crippen LogP contribution >= 0.6 is 23.2 Å². The molecular formula is C18H21Cl2NO2. The number of nitrogens with one attached hydrogen (secondary N) is 1. The van der Waals surface area contributed by atoms with Gasteiger partial charge in [0.2, 0.25) is 0 Å². The lowest BCUT2D eigenvalue weighted by molar-refractivity contribution is 0.242. The molecule has 0 aliphatic heterocycles. The second kappa shape index (κ2) is 8.44. The molecule has 0 atom stereocenters. The number of rotatable bonds is 7. The van der Waals surface area contributed by atoms with Crippen molar-refractivity contribution in [3.63, 3.8) is 0 Å². The summed E-state index contributed by atoms with van der Waals surface area (Å²) in [5, 5.41) is 4.44. The van der Waals surface area contributed by atoms with Gasteiger partial charge in [-0.1, -0.05) is 35.3 Å². The van der Waals surface area contributed by atoms with E-state index >= 15 is 0 Å². The Morgan fingerprint density at radius 3 is 2.04 bits per heavy atom. The van der Waals surface area contributed by atoms with Gasteiger partial charge in [-0.3, -0.25) is 0 Å². The van der Waals surface area contributed by atoms with Gasteiger partial charge in [0.25, 0.3) is 0 Å². The molecule has 0 saturated heterocycles. The van der Waals surface area contributed by atoms with Gasteiger partial charge in [0, 0.05) is 13.1 Å². The molecule has 0 fully saturated rings. The first-order valence-corrected chi connectivity index (χ1v) is 8.23. The molecule has 124 valence electrons. The zero-order chi connectivity index (χ0) is 16.8. The number of benzene rings is 2. The Hall–Kier alpha value is -1.42. The van der Waals surface area contributed by atoms with Crippen LogP contribution < -0.4 is 14.8 Å². The van der Waals surface area contributed by atoms with Crippen molar-refractivity contribution < 1.29 is 9.47 Å². The fourth-order valence-corrected chi connectivity index (χ4v) is 2.78. The fraction of sp³-hybridized carbons (Fsp3) is 0.333. The van der Waals surface area contributed by atoms with Crippen LogP contribution in [0.15, 0.2) is 36.4 Å². The first-order chi connectivity index (χ1) is 11.0. The quantitative estimate of drug-likeness (QED) is 0.752. The molecule has 23 heavy (non-hydrogen) atoms. The van der Waals surface area contributed by atoms with Gasteiger partial charge < -0.3 is 14.8 Å². The van der Waals surface area contributed by atoms with Gasteiger partial charge in [0.1, 0.15) is 5.75 Å². The van der Waals surface area contributed by atoms with Crippen LogP contribution in [0.3, 0.4) is 0 Å². The van der Waals surface area contributed by atoms with E-state index in [0.717, 1.165) is 17.9 Å². The number of hydrogen-bond donors (Lipinski definition) is 1. The molecule has 0 saturated carbocycles. The Balaban J connectivity index is 1.95. The molecule has 2 rings (SSSR count). The third kappa shape index (κ3) is 5.31.